The molecule has 0 saturated carbocycles. The Bertz CT molecular complexity index is 537. The van der Waals surface area contributed by atoms with Crippen LogP contribution in [0.4, 0.5) is 5.88 Å². The van der Waals surface area contributed by atoms with E-state index in [4.69, 9.17) is 9.15 Å². The summed E-state index contributed by atoms with van der Waals surface area (Å²) in [6.07, 6.45) is 0.957. The summed E-state index contributed by atoms with van der Waals surface area (Å²) in [6.45, 7) is 7.86. The molecule has 1 aromatic heterocycles. The summed E-state index contributed by atoms with van der Waals surface area (Å²) in [6, 6.07) is 2.72. The van der Waals surface area contributed by atoms with Crippen LogP contribution in [-0.2, 0) is 4.74 Å². The molecule has 0 spiro atoms. The van der Waals surface area contributed by atoms with E-state index in [2.05, 4.69) is 24.1 Å². The molecule has 0 aromatic carbocycles. The topological polar surface area (TPSA) is 97.8 Å². The second-order valence-electron chi connectivity index (χ2n) is 6.04. The number of morpholine rings is 1. The van der Waals surface area contributed by atoms with E-state index in [0.29, 0.717) is 25.7 Å². The highest BCUT2D eigenvalue weighted by molar-refractivity contribution is 5.91. The monoisotopic (exact) mass is 325 g/mol. The molecule has 23 heavy (non-hydrogen) atoms. The quantitative estimate of drug-likeness (QED) is 0.605. The smallest absolute Gasteiger partial charge is 0.395 e. The highest BCUT2D eigenvalue weighted by Crippen LogP contribution is 2.16. The Labute approximate surface area is 134 Å². The summed E-state index contributed by atoms with van der Waals surface area (Å²) in [4.78, 5) is 24.3. The lowest BCUT2D eigenvalue weighted by Crippen LogP contribution is -2.49. The average molecular weight is 325 g/mol. The standard InChI is InChI=1S/C15H23N3O5/c1-11(2)9-12(17-5-7-22-8-6-17)10-16-15(19)13-3-4-14(23-13)18(20)21/h3-4,11-12H,5-10H2,1-2H3,(H,16,19). The first kappa shape index (κ1) is 17.4. The van der Waals surface area contributed by atoms with E-state index in [1.165, 1.54) is 12.1 Å². The molecule has 8 heteroatoms. The van der Waals surface area contributed by atoms with Gasteiger partial charge in [-0.05, 0) is 18.4 Å². The number of nitrogens with zero attached hydrogens (tertiary/aromatic N) is 2. The van der Waals surface area contributed by atoms with E-state index in [1.807, 2.05) is 0 Å². The summed E-state index contributed by atoms with van der Waals surface area (Å²) in [7, 11) is 0. The Morgan fingerprint density at radius 1 is 1.39 bits per heavy atom. The van der Waals surface area contributed by atoms with Crippen LogP contribution in [0.1, 0.15) is 30.8 Å². The van der Waals surface area contributed by atoms with Gasteiger partial charge in [0.15, 0.2) is 5.76 Å². The molecule has 2 rings (SSSR count). The van der Waals surface area contributed by atoms with Gasteiger partial charge in [-0.2, -0.15) is 0 Å². The van der Waals surface area contributed by atoms with Gasteiger partial charge in [0.25, 0.3) is 5.91 Å². The van der Waals surface area contributed by atoms with E-state index in [0.717, 1.165) is 19.5 Å². The second kappa shape index (κ2) is 8.07. The Morgan fingerprint density at radius 3 is 2.65 bits per heavy atom. The fourth-order valence-corrected chi connectivity index (χ4v) is 2.69. The Kier molecular flexibility index (Phi) is 6.12. The first-order chi connectivity index (χ1) is 11.0. The van der Waals surface area contributed by atoms with Crippen LogP contribution in [-0.4, -0.2) is 54.6 Å². The predicted octanol–water partition coefficient (Wildman–Crippen LogP) is 1.66. The summed E-state index contributed by atoms with van der Waals surface area (Å²) >= 11 is 0. The van der Waals surface area contributed by atoms with Crippen molar-refractivity contribution in [2.75, 3.05) is 32.8 Å². The molecular weight excluding hydrogens is 302 g/mol. The normalized spacial score (nSPS) is 17.2. The van der Waals surface area contributed by atoms with Gasteiger partial charge in [-0.25, -0.2) is 0 Å². The molecular formula is C15H23N3O5. The molecule has 1 saturated heterocycles. The number of nitro groups is 1. The molecule has 2 heterocycles. The number of furan rings is 1. The van der Waals surface area contributed by atoms with Crippen LogP contribution in [0.2, 0.25) is 0 Å². The first-order valence-electron chi connectivity index (χ1n) is 7.81. The van der Waals surface area contributed by atoms with Crippen LogP contribution in [0.5, 0.6) is 0 Å². The zero-order valence-corrected chi connectivity index (χ0v) is 13.5. The number of ether oxygens (including phenoxy) is 1. The van der Waals surface area contributed by atoms with Crippen LogP contribution in [0, 0.1) is 16.0 Å². The van der Waals surface area contributed by atoms with Gasteiger partial charge in [0.05, 0.1) is 19.3 Å². The molecule has 0 radical (unpaired) electrons. The molecule has 1 atom stereocenters. The molecule has 0 bridgehead atoms. The van der Waals surface area contributed by atoms with Crippen molar-refractivity contribution in [1.82, 2.24) is 10.2 Å². The molecule has 128 valence electrons. The van der Waals surface area contributed by atoms with Crippen LogP contribution < -0.4 is 5.32 Å². The minimum atomic E-state index is -0.661. The summed E-state index contributed by atoms with van der Waals surface area (Å²) in [5, 5.41) is 13.4. The first-order valence-corrected chi connectivity index (χ1v) is 7.81. The lowest BCUT2D eigenvalue weighted by molar-refractivity contribution is -0.402. The van der Waals surface area contributed by atoms with Gasteiger partial charge in [-0.3, -0.25) is 19.8 Å². The van der Waals surface area contributed by atoms with E-state index >= 15 is 0 Å². The van der Waals surface area contributed by atoms with Crippen molar-refractivity contribution in [3.63, 3.8) is 0 Å². The van der Waals surface area contributed by atoms with Crippen LogP contribution >= 0.6 is 0 Å². The zero-order valence-electron chi connectivity index (χ0n) is 13.5. The number of carbonyl (C=O) groups is 1. The molecule has 1 fully saturated rings. The molecule has 1 aliphatic heterocycles. The van der Waals surface area contributed by atoms with Crippen molar-refractivity contribution in [1.29, 1.82) is 0 Å². The van der Waals surface area contributed by atoms with Crippen molar-refractivity contribution in [3.05, 3.63) is 28.0 Å². The van der Waals surface area contributed by atoms with Crippen molar-refractivity contribution >= 4 is 11.8 Å². The average Bonchev–Trinajstić information content (AvgIpc) is 3.02. The highest BCUT2D eigenvalue weighted by atomic mass is 16.6. The number of carbonyl (C=O) groups excluding carboxylic acids is 1. The molecule has 1 unspecified atom stereocenters. The zero-order chi connectivity index (χ0) is 16.8. The van der Waals surface area contributed by atoms with E-state index in [-0.39, 0.29) is 11.8 Å². The van der Waals surface area contributed by atoms with Gasteiger partial charge in [0.1, 0.15) is 4.92 Å². The van der Waals surface area contributed by atoms with Crippen molar-refractivity contribution in [2.45, 2.75) is 26.3 Å². The molecule has 8 nitrogen and oxygen atoms in total. The van der Waals surface area contributed by atoms with Gasteiger partial charge in [0, 0.05) is 25.7 Å². The van der Waals surface area contributed by atoms with E-state index in [1.54, 1.807) is 0 Å². The summed E-state index contributed by atoms with van der Waals surface area (Å²) in [5.74, 6) is -0.395. The molecule has 1 N–H and O–H groups in total. The summed E-state index contributed by atoms with van der Waals surface area (Å²) in [5.41, 5.74) is 0. The van der Waals surface area contributed by atoms with Gasteiger partial charge >= 0.3 is 5.88 Å². The van der Waals surface area contributed by atoms with Crippen molar-refractivity contribution in [2.24, 2.45) is 5.92 Å². The van der Waals surface area contributed by atoms with Gasteiger partial charge < -0.3 is 14.5 Å². The highest BCUT2D eigenvalue weighted by Gasteiger charge is 2.24. The molecule has 1 amide bonds. The molecule has 0 aliphatic carbocycles. The number of nitrogens with one attached hydrogen (secondary N) is 1. The number of amides is 1. The third kappa shape index (κ3) is 5.04. The van der Waals surface area contributed by atoms with E-state index < -0.39 is 16.7 Å². The predicted molar refractivity (Wildman–Crippen MR) is 83.3 cm³/mol. The molecule has 1 aromatic rings. The second-order valence-corrected chi connectivity index (χ2v) is 6.04. The van der Waals surface area contributed by atoms with Crippen LogP contribution in [0.25, 0.3) is 0 Å². The third-order valence-corrected chi connectivity index (χ3v) is 3.80. The fourth-order valence-electron chi connectivity index (χ4n) is 2.69. The summed E-state index contributed by atoms with van der Waals surface area (Å²) < 4.78 is 10.3. The number of hydrogen-bond donors (Lipinski definition) is 1. The molecule has 1 aliphatic rings. The Morgan fingerprint density at radius 2 is 2.09 bits per heavy atom. The van der Waals surface area contributed by atoms with Crippen LogP contribution in [0.15, 0.2) is 16.5 Å². The number of rotatable bonds is 7. The maximum atomic E-state index is 12.1. The SMILES string of the molecule is CC(C)CC(CNC(=O)c1ccc([N+](=O)[O-])o1)N1CCOCC1. The Balaban J connectivity index is 1.93. The van der Waals surface area contributed by atoms with Gasteiger partial charge in [-0.1, -0.05) is 13.8 Å². The van der Waals surface area contributed by atoms with Crippen LogP contribution in [0.3, 0.4) is 0 Å². The lowest BCUT2D eigenvalue weighted by Gasteiger charge is -2.35. The van der Waals surface area contributed by atoms with Gasteiger partial charge in [-0.15, -0.1) is 0 Å². The Hall–Kier alpha value is -1.93. The third-order valence-electron chi connectivity index (χ3n) is 3.80. The number of hydrogen-bond acceptors (Lipinski definition) is 6. The minimum Gasteiger partial charge on any atom is -0.395 e. The minimum absolute atomic E-state index is 0.0398. The fraction of sp³-hybridized carbons (Fsp3) is 0.667. The maximum absolute atomic E-state index is 12.1. The van der Waals surface area contributed by atoms with Crippen molar-refractivity contribution in [3.8, 4) is 0 Å². The lowest BCUT2D eigenvalue weighted by atomic mass is 10.0. The van der Waals surface area contributed by atoms with Crippen molar-refractivity contribution < 1.29 is 18.9 Å². The largest absolute Gasteiger partial charge is 0.433 e. The van der Waals surface area contributed by atoms with Gasteiger partial charge in [0.2, 0.25) is 0 Å². The van der Waals surface area contributed by atoms with E-state index in [9.17, 15) is 14.9 Å². The maximum Gasteiger partial charge on any atom is 0.433 e.